The maximum Gasteiger partial charge on any atom is 0.222 e. The zero-order valence-corrected chi connectivity index (χ0v) is 14.5. The highest BCUT2D eigenvalue weighted by Crippen LogP contribution is 2.32. The van der Waals surface area contributed by atoms with Gasteiger partial charge < -0.3 is 10.6 Å². The van der Waals surface area contributed by atoms with Crippen LogP contribution in [-0.2, 0) is 11.2 Å². The van der Waals surface area contributed by atoms with Gasteiger partial charge in [0.25, 0.3) is 0 Å². The van der Waals surface area contributed by atoms with E-state index < -0.39 is 0 Å². The fraction of sp³-hybridized carbons (Fsp3) is 0.350. The molecule has 24 heavy (non-hydrogen) atoms. The third-order valence-electron chi connectivity index (χ3n) is 4.86. The summed E-state index contributed by atoms with van der Waals surface area (Å²) in [6.45, 7) is 2.14. The lowest BCUT2D eigenvalue weighted by atomic mass is 9.89. The predicted molar refractivity (Wildman–Crippen MR) is 98.1 cm³/mol. The van der Waals surface area contributed by atoms with E-state index in [9.17, 15) is 4.79 Å². The molecule has 126 valence electrons. The third-order valence-corrected chi connectivity index (χ3v) is 5.12. The molecule has 1 aliphatic rings. The fourth-order valence-corrected chi connectivity index (χ4v) is 3.58. The summed E-state index contributed by atoms with van der Waals surface area (Å²) in [6, 6.07) is 18.1. The molecule has 1 fully saturated rings. The van der Waals surface area contributed by atoms with Crippen molar-refractivity contribution in [2.24, 2.45) is 11.7 Å². The highest BCUT2D eigenvalue weighted by atomic mass is 35.5. The number of carbonyl (C=O) groups excluding carboxylic acids is 1. The Balaban J connectivity index is 1.60. The number of rotatable bonds is 5. The van der Waals surface area contributed by atoms with Crippen LogP contribution in [0, 0.1) is 5.92 Å². The number of benzene rings is 2. The molecule has 0 unspecified atom stereocenters. The SMILES string of the molecule is NC[C@@H]1CN(C(=O)CCc2ccc(Cl)cc2)C[C@H]1c1ccccc1. The molecule has 1 amide bonds. The van der Waals surface area contributed by atoms with Gasteiger partial charge in [0.1, 0.15) is 0 Å². The largest absolute Gasteiger partial charge is 0.342 e. The molecule has 0 bridgehead atoms. The van der Waals surface area contributed by atoms with Gasteiger partial charge >= 0.3 is 0 Å². The summed E-state index contributed by atoms with van der Waals surface area (Å²) in [5, 5.41) is 0.723. The Morgan fingerprint density at radius 3 is 2.46 bits per heavy atom. The zero-order chi connectivity index (χ0) is 16.9. The summed E-state index contributed by atoms with van der Waals surface area (Å²) in [5.41, 5.74) is 8.37. The molecular weight excluding hydrogens is 320 g/mol. The number of aryl methyl sites for hydroxylation is 1. The summed E-state index contributed by atoms with van der Waals surface area (Å²) in [4.78, 5) is 14.6. The van der Waals surface area contributed by atoms with Gasteiger partial charge in [-0.3, -0.25) is 4.79 Å². The number of amides is 1. The Labute approximate surface area is 148 Å². The summed E-state index contributed by atoms with van der Waals surface area (Å²) >= 11 is 5.90. The molecular formula is C20H23ClN2O. The van der Waals surface area contributed by atoms with Gasteiger partial charge in [-0.1, -0.05) is 54.1 Å². The monoisotopic (exact) mass is 342 g/mol. The molecule has 4 heteroatoms. The number of hydrogen-bond acceptors (Lipinski definition) is 2. The molecule has 3 nitrogen and oxygen atoms in total. The first kappa shape index (κ1) is 17.0. The van der Waals surface area contributed by atoms with Gasteiger partial charge in [-0.15, -0.1) is 0 Å². The highest BCUT2D eigenvalue weighted by Gasteiger charge is 2.34. The number of likely N-dealkylation sites (tertiary alicyclic amines) is 1. The van der Waals surface area contributed by atoms with Gasteiger partial charge in [-0.05, 0) is 42.1 Å². The van der Waals surface area contributed by atoms with Crippen molar-refractivity contribution in [3.63, 3.8) is 0 Å². The Hall–Kier alpha value is -1.84. The van der Waals surface area contributed by atoms with E-state index in [1.54, 1.807) is 0 Å². The van der Waals surface area contributed by atoms with Crippen LogP contribution in [0.15, 0.2) is 54.6 Å². The standard InChI is InChI=1S/C20H23ClN2O/c21-18-9-6-15(7-10-18)8-11-20(24)23-13-17(12-22)19(14-23)16-4-2-1-3-5-16/h1-7,9-10,17,19H,8,11-14,22H2/t17-,19+/m1/s1. The maximum atomic E-state index is 12.6. The summed E-state index contributed by atoms with van der Waals surface area (Å²) < 4.78 is 0. The lowest BCUT2D eigenvalue weighted by Gasteiger charge is -2.17. The second kappa shape index (κ2) is 7.82. The molecule has 1 aliphatic heterocycles. The topological polar surface area (TPSA) is 46.3 Å². The average molecular weight is 343 g/mol. The van der Waals surface area contributed by atoms with Gasteiger partial charge in [0.2, 0.25) is 5.91 Å². The zero-order valence-electron chi connectivity index (χ0n) is 13.7. The average Bonchev–Trinajstić information content (AvgIpc) is 3.06. The van der Waals surface area contributed by atoms with Crippen LogP contribution in [0.2, 0.25) is 5.02 Å². The molecule has 1 heterocycles. The Morgan fingerprint density at radius 2 is 1.79 bits per heavy atom. The van der Waals surface area contributed by atoms with Crippen LogP contribution in [-0.4, -0.2) is 30.4 Å². The second-order valence-corrected chi connectivity index (χ2v) is 6.87. The van der Waals surface area contributed by atoms with Crippen molar-refractivity contribution in [2.45, 2.75) is 18.8 Å². The minimum Gasteiger partial charge on any atom is -0.342 e. The van der Waals surface area contributed by atoms with Crippen molar-refractivity contribution >= 4 is 17.5 Å². The number of halogens is 1. The maximum absolute atomic E-state index is 12.6. The van der Waals surface area contributed by atoms with Gasteiger partial charge in [0.15, 0.2) is 0 Å². The first-order valence-electron chi connectivity index (χ1n) is 8.44. The third kappa shape index (κ3) is 3.97. The quantitative estimate of drug-likeness (QED) is 0.904. The first-order valence-corrected chi connectivity index (χ1v) is 8.82. The number of hydrogen-bond donors (Lipinski definition) is 1. The minimum atomic E-state index is 0.210. The van der Waals surface area contributed by atoms with E-state index in [4.69, 9.17) is 17.3 Å². The lowest BCUT2D eigenvalue weighted by molar-refractivity contribution is -0.130. The predicted octanol–water partition coefficient (Wildman–Crippen LogP) is 3.47. The van der Waals surface area contributed by atoms with Crippen molar-refractivity contribution in [3.05, 3.63) is 70.7 Å². The Bertz CT molecular complexity index is 672. The molecule has 1 saturated heterocycles. The first-order chi connectivity index (χ1) is 11.7. The van der Waals surface area contributed by atoms with Crippen LogP contribution in [0.5, 0.6) is 0 Å². The normalized spacial score (nSPS) is 20.3. The summed E-state index contributed by atoms with van der Waals surface area (Å²) in [5.74, 6) is 0.893. The number of carbonyl (C=O) groups is 1. The van der Waals surface area contributed by atoms with Gasteiger partial charge in [0.05, 0.1) is 0 Å². The Kier molecular flexibility index (Phi) is 5.54. The van der Waals surface area contributed by atoms with Gasteiger partial charge in [-0.25, -0.2) is 0 Å². The van der Waals surface area contributed by atoms with E-state index >= 15 is 0 Å². The van der Waals surface area contributed by atoms with Crippen LogP contribution in [0.25, 0.3) is 0 Å². The Morgan fingerprint density at radius 1 is 1.08 bits per heavy atom. The molecule has 3 rings (SSSR count). The van der Waals surface area contributed by atoms with Crippen molar-refractivity contribution < 1.29 is 4.79 Å². The molecule has 2 N–H and O–H groups in total. The van der Waals surface area contributed by atoms with Crippen LogP contribution >= 0.6 is 11.6 Å². The summed E-state index contributed by atoms with van der Waals surface area (Å²) in [6.07, 6.45) is 1.27. The van der Waals surface area contributed by atoms with E-state index in [2.05, 4.69) is 12.1 Å². The van der Waals surface area contributed by atoms with E-state index in [0.717, 1.165) is 30.1 Å². The molecule has 2 atom stereocenters. The van der Waals surface area contributed by atoms with E-state index in [1.807, 2.05) is 47.4 Å². The minimum absolute atomic E-state index is 0.210. The summed E-state index contributed by atoms with van der Waals surface area (Å²) in [7, 11) is 0. The number of nitrogens with zero attached hydrogens (tertiary/aromatic N) is 1. The lowest BCUT2D eigenvalue weighted by Crippen LogP contribution is -2.30. The number of nitrogens with two attached hydrogens (primary N) is 1. The van der Waals surface area contributed by atoms with Crippen molar-refractivity contribution in [1.29, 1.82) is 0 Å². The molecule has 0 aromatic heterocycles. The fourth-order valence-electron chi connectivity index (χ4n) is 3.45. The molecule has 0 radical (unpaired) electrons. The van der Waals surface area contributed by atoms with E-state index in [-0.39, 0.29) is 5.91 Å². The van der Waals surface area contributed by atoms with E-state index in [1.165, 1.54) is 5.56 Å². The van der Waals surface area contributed by atoms with Gasteiger partial charge in [0, 0.05) is 30.5 Å². The highest BCUT2D eigenvalue weighted by molar-refractivity contribution is 6.30. The van der Waals surface area contributed by atoms with E-state index in [0.29, 0.717) is 24.8 Å². The van der Waals surface area contributed by atoms with Crippen molar-refractivity contribution in [2.75, 3.05) is 19.6 Å². The van der Waals surface area contributed by atoms with Crippen LogP contribution < -0.4 is 5.73 Å². The molecule has 2 aromatic carbocycles. The van der Waals surface area contributed by atoms with Gasteiger partial charge in [-0.2, -0.15) is 0 Å². The molecule has 0 spiro atoms. The van der Waals surface area contributed by atoms with Crippen molar-refractivity contribution in [1.82, 2.24) is 4.90 Å². The molecule has 2 aromatic rings. The van der Waals surface area contributed by atoms with Crippen LogP contribution in [0.4, 0.5) is 0 Å². The second-order valence-electron chi connectivity index (χ2n) is 6.44. The van der Waals surface area contributed by atoms with Crippen LogP contribution in [0.3, 0.4) is 0 Å². The molecule has 0 aliphatic carbocycles. The van der Waals surface area contributed by atoms with Crippen LogP contribution in [0.1, 0.15) is 23.5 Å². The smallest absolute Gasteiger partial charge is 0.222 e. The van der Waals surface area contributed by atoms with Crippen molar-refractivity contribution in [3.8, 4) is 0 Å². The molecule has 0 saturated carbocycles.